The van der Waals surface area contributed by atoms with Crippen LogP contribution in [0.5, 0.6) is 5.95 Å². The van der Waals surface area contributed by atoms with Crippen LogP contribution in [0.15, 0.2) is 35.0 Å². The van der Waals surface area contributed by atoms with Crippen molar-refractivity contribution in [1.82, 2.24) is 5.27 Å². The average Bonchev–Trinajstić information content (AvgIpc) is 2.65. The zero-order valence-electron chi connectivity index (χ0n) is 7.38. The molecule has 0 saturated carbocycles. The third-order valence-corrected chi connectivity index (χ3v) is 1.90. The van der Waals surface area contributed by atoms with Crippen molar-refractivity contribution in [3.8, 4) is 11.6 Å². The van der Waals surface area contributed by atoms with Crippen molar-refractivity contribution in [3.05, 3.63) is 36.0 Å². The summed E-state index contributed by atoms with van der Waals surface area (Å²) in [6.45, 7) is 0.393. The molecule has 0 amide bonds. The van der Waals surface area contributed by atoms with Gasteiger partial charge in [0.15, 0.2) is 0 Å². The van der Waals surface area contributed by atoms with Crippen LogP contribution < -0.4 is 15.5 Å². The minimum Gasteiger partial charge on any atom is -0.539 e. The quantitative estimate of drug-likeness (QED) is 0.648. The molecular weight excluding hydrogens is 182 g/mol. The van der Waals surface area contributed by atoms with Crippen LogP contribution in [0, 0.1) is 0 Å². The van der Waals surface area contributed by atoms with Crippen molar-refractivity contribution < 1.29 is 14.3 Å². The van der Waals surface area contributed by atoms with E-state index in [9.17, 15) is 5.11 Å². The van der Waals surface area contributed by atoms with Gasteiger partial charge >= 0.3 is 0 Å². The second-order valence-electron chi connectivity index (χ2n) is 2.80. The summed E-state index contributed by atoms with van der Waals surface area (Å²) in [5, 5.41) is 14.4. The van der Waals surface area contributed by atoms with E-state index in [2.05, 4.69) is 9.79 Å². The first-order chi connectivity index (χ1) is 6.81. The minimum absolute atomic E-state index is 0.393. The maximum atomic E-state index is 10.8. The van der Waals surface area contributed by atoms with Crippen LogP contribution in [-0.4, -0.2) is 5.27 Å². The second kappa shape index (κ2) is 3.47. The lowest BCUT2D eigenvalue weighted by atomic mass is 10.2. The van der Waals surface area contributed by atoms with Crippen LogP contribution in [-0.2, 0) is 6.54 Å². The molecule has 1 aromatic carbocycles. The van der Waals surface area contributed by atoms with Crippen molar-refractivity contribution in [2.24, 2.45) is 5.73 Å². The van der Waals surface area contributed by atoms with E-state index in [1.807, 2.05) is 24.3 Å². The van der Waals surface area contributed by atoms with Crippen LogP contribution in [0.3, 0.4) is 0 Å². The average molecular weight is 191 g/mol. The van der Waals surface area contributed by atoms with Gasteiger partial charge in [0.2, 0.25) is 11.9 Å². The first kappa shape index (κ1) is 8.71. The van der Waals surface area contributed by atoms with Gasteiger partial charge in [-0.1, -0.05) is 18.2 Å². The normalized spacial score (nSPS) is 10.4. The van der Waals surface area contributed by atoms with E-state index in [0.717, 1.165) is 11.3 Å². The molecular formula is C9H9N3O2. The fourth-order valence-corrected chi connectivity index (χ4v) is 1.25. The number of nitrogens with zero attached hydrogens (tertiary/aromatic N) is 2. The van der Waals surface area contributed by atoms with Crippen LogP contribution in [0.2, 0.25) is 0 Å². The van der Waals surface area contributed by atoms with E-state index in [4.69, 9.17) is 5.73 Å². The van der Waals surface area contributed by atoms with E-state index in [0.29, 0.717) is 6.54 Å². The topological polar surface area (TPSA) is 79.0 Å². The molecule has 0 radical (unpaired) electrons. The van der Waals surface area contributed by atoms with E-state index < -0.39 is 5.95 Å². The van der Waals surface area contributed by atoms with Gasteiger partial charge in [-0.2, -0.15) is 0 Å². The van der Waals surface area contributed by atoms with Crippen molar-refractivity contribution in [2.75, 3.05) is 0 Å². The number of hydrogen-bond donors (Lipinski definition) is 1. The molecule has 0 aliphatic carbocycles. The molecule has 0 bridgehead atoms. The third-order valence-electron chi connectivity index (χ3n) is 1.90. The molecule has 2 aromatic rings. The van der Waals surface area contributed by atoms with Gasteiger partial charge in [0, 0.05) is 18.2 Å². The highest BCUT2D eigenvalue weighted by Gasteiger charge is 2.12. The first-order valence-electron chi connectivity index (χ1n) is 4.15. The Morgan fingerprint density at radius 2 is 2.21 bits per heavy atom. The molecule has 72 valence electrons. The number of benzene rings is 1. The van der Waals surface area contributed by atoms with Gasteiger partial charge in [-0.25, -0.2) is 0 Å². The minimum atomic E-state index is -0.475. The van der Waals surface area contributed by atoms with E-state index in [-0.39, 0.29) is 0 Å². The molecule has 0 aliphatic heterocycles. The maximum Gasteiger partial charge on any atom is 0.243 e. The van der Waals surface area contributed by atoms with Crippen molar-refractivity contribution in [2.45, 2.75) is 6.54 Å². The second-order valence-corrected chi connectivity index (χ2v) is 2.80. The Hall–Kier alpha value is -1.88. The lowest BCUT2D eigenvalue weighted by Gasteiger charge is -1.96. The molecule has 1 heterocycles. The zero-order chi connectivity index (χ0) is 9.97. The predicted molar refractivity (Wildman–Crippen MR) is 45.4 cm³/mol. The summed E-state index contributed by atoms with van der Waals surface area (Å²) in [5.74, 6) is -0.475. The van der Waals surface area contributed by atoms with Crippen LogP contribution in [0.4, 0.5) is 0 Å². The molecule has 0 saturated heterocycles. The van der Waals surface area contributed by atoms with Gasteiger partial charge < -0.3 is 15.4 Å². The Morgan fingerprint density at radius 1 is 1.43 bits per heavy atom. The summed E-state index contributed by atoms with van der Waals surface area (Å²) in [5.41, 5.74) is 7.22. The Balaban J connectivity index is 2.50. The molecule has 5 nitrogen and oxygen atoms in total. The summed E-state index contributed by atoms with van der Waals surface area (Å²) in [6.07, 6.45) is 1.27. The van der Waals surface area contributed by atoms with Crippen molar-refractivity contribution in [1.29, 1.82) is 0 Å². The van der Waals surface area contributed by atoms with Gasteiger partial charge in [0.25, 0.3) is 0 Å². The molecule has 5 heteroatoms. The van der Waals surface area contributed by atoms with E-state index in [1.165, 1.54) is 10.9 Å². The zero-order valence-corrected chi connectivity index (χ0v) is 7.38. The number of para-hydroxylation sites is 1. The summed E-state index contributed by atoms with van der Waals surface area (Å²) in [6, 6.07) is 7.43. The smallest absolute Gasteiger partial charge is 0.243 e. The van der Waals surface area contributed by atoms with E-state index >= 15 is 0 Å². The molecule has 0 aliphatic rings. The highest BCUT2D eigenvalue weighted by atomic mass is 16.6. The SMILES string of the molecule is NCc1ccccc1-[n+]1cc([O-])on1. The van der Waals surface area contributed by atoms with Crippen LogP contribution in [0.25, 0.3) is 5.69 Å². The Bertz CT molecular complexity index is 439. The largest absolute Gasteiger partial charge is 0.539 e. The Kier molecular flexibility index (Phi) is 2.16. The molecule has 2 N–H and O–H groups in total. The molecule has 2 rings (SSSR count). The highest BCUT2D eigenvalue weighted by molar-refractivity contribution is 5.32. The van der Waals surface area contributed by atoms with Gasteiger partial charge in [-0.3, -0.25) is 0 Å². The van der Waals surface area contributed by atoms with Crippen molar-refractivity contribution in [3.63, 3.8) is 0 Å². The van der Waals surface area contributed by atoms with Gasteiger partial charge in [-0.05, 0) is 4.68 Å². The van der Waals surface area contributed by atoms with E-state index in [1.54, 1.807) is 0 Å². The molecule has 1 aromatic heterocycles. The Labute approximate surface area is 80.4 Å². The number of hydrogen-bond acceptors (Lipinski definition) is 4. The summed E-state index contributed by atoms with van der Waals surface area (Å²) in [7, 11) is 0. The number of nitrogens with two attached hydrogens (primary N) is 1. The highest BCUT2D eigenvalue weighted by Crippen LogP contribution is 2.07. The summed E-state index contributed by atoms with van der Waals surface area (Å²) < 4.78 is 5.81. The lowest BCUT2D eigenvalue weighted by molar-refractivity contribution is -0.671. The first-order valence-corrected chi connectivity index (χ1v) is 4.15. The van der Waals surface area contributed by atoms with Gasteiger partial charge in [0.05, 0.1) is 5.27 Å². The number of aromatic nitrogens is 2. The molecule has 0 unspecified atom stereocenters. The molecule has 0 spiro atoms. The van der Waals surface area contributed by atoms with Crippen LogP contribution in [0.1, 0.15) is 5.56 Å². The molecule has 0 fully saturated rings. The standard InChI is InChI=1S/C9H9N3O2/c10-5-7-3-1-2-4-8(7)12-6-9(13)14-11-12/h1-4,6H,5,10H2. The summed E-state index contributed by atoms with van der Waals surface area (Å²) >= 11 is 0. The Morgan fingerprint density at radius 3 is 2.86 bits per heavy atom. The molecule has 0 atom stereocenters. The van der Waals surface area contributed by atoms with Crippen molar-refractivity contribution >= 4 is 0 Å². The third kappa shape index (κ3) is 1.45. The van der Waals surface area contributed by atoms with Gasteiger partial charge in [0.1, 0.15) is 5.95 Å². The molecule has 14 heavy (non-hydrogen) atoms. The fourth-order valence-electron chi connectivity index (χ4n) is 1.25. The van der Waals surface area contributed by atoms with Gasteiger partial charge in [-0.15, -0.1) is 0 Å². The summed E-state index contributed by atoms with van der Waals surface area (Å²) in [4.78, 5) is 0. The fraction of sp³-hybridized carbons (Fsp3) is 0.111. The predicted octanol–water partition coefficient (Wildman–Crippen LogP) is -0.516. The lowest BCUT2D eigenvalue weighted by Crippen LogP contribution is -2.33. The monoisotopic (exact) mass is 191 g/mol. The maximum absolute atomic E-state index is 10.8. The number of rotatable bonds is 2. The van der Waals surface area contributed by atoms with Crippen LogP contribution >= 0.6 is 0 Å².